The number of nitrogens with two attached hydrogens (primary N) is 1. The first-order valence-corrected chi connectivity index (χ1v) is 6.04. The molecule has 0 aromatic carbocycles. The van der Waals surface area contributed by atoms with Crippen molar-refractivity contribution in [3.05, 3.63) is 29.0 Å². The van der Waals surface area contributed by atoms with Crippen LogP contribution in [0.3, 0.4) is 0 Å². The van der Waals surface area contributed by atoms with E-state index in [2.05, 4.69) is 15.2 Å². The maximum Gasteiger partial charge on any atom is 0.179 e. The first kappa shape index (κ1) is 10.5. The molecule has 0 bridgehead atoms. The number of pyridine rings is 1. The van der Waals surface area contributed by atoms with E-state index in [9.17, 15) is 0 Å². The average molecular weight is 238 g/mol. The smallest absolute Gasteiger partial charge is 0.179 e. The normalized spacial score (nSPS) is 10.5. The highest BCUT2D eigenvalue weighted by atomic mass is 32.2. The number of aromatic nitrogens is 3. The minimum Gasteiger partial charge on any atom is -0.326 e. The number of rotatable bonds is 3. The molecular weight excluding hydrogens is 228 g/mol. The fraction of sp³-hybridized carbons (Fsp3) is 0.222. The van der Waals surface area contributed by atoms with E-state index in [1.807, 2.05) is 19.2 Å². The van der Waals surface area contributed by atoms with Gasteiger partial charge < -0.3 is 5.73 Å². The molecule has 78 valence electrons. The lowest BCUT2D eigenvalue weighted by molar-refractivity contribution is 0.975. The van der Waals surface area contributed by atoms with Gasteiger partial charge in [0, 0.05) is 23.8 Å². The van der Waals surface area contributed by atoms with E-state index in [4.69, 9.17) is 5.73 Å². The highest BCUT2D eigenvalue weighted by Crippen LogP contribution is 2.31. The van der Waals surface area contributed by atoms with Gasteiger partial charge in [-0.25, -0.2) is 0 Å². The second-order valence-electron chi connectivity index (χ2n) is 2.88. The Morgan fingerprint density at radius 3 is 3.00 bits per heavy atom. The molecule has 0 amide bonds. The van der Waals surface area contributed by atoms with Crippen LogP contribution in [0.4, 0.5) is 0 Å². The summed E-state index contributed by atoms with van der Waals surface area (Å²) in [5, 5.41) is 8.98. The van der Waals surface area contributed by atoms with Crippen molar-refractivity contribution < 1.29 is 0 Å². The van der Waals surface area contributed by atoms with E-state index >= 15 is 0 Å². The van der Waals surface area contributed by atoms with Gasteiger partial charge in [0.05, 0.1) is 0 Å². The van der Waals surface area contributed by atoms with Crippen molar-refractivity contribution in [1.29, 1.82) is 0 Å². The minimum absolute atomic E-state index is 0.517. The summed E-state index contributed by atoms with van der Waals surface area (Å²) in [5.41, 5.74) is 6.72. The molecule has 0 saturated heterocycles. The van der Waals surface area contributed by atoms with Crippen LogP contribution in [0.2, 0.25) is 0 Å². The lowest BCUT2D eigenvalue weighted by Gasteiger charge is -2.02. The largest absolute Gasteiger partial charge is 0.326 e. The van der Waals surface area contributed by atoms with Crippen LogP contribution in [0.25, 0.3) is 0 Å². The van der Waals surface area contributed by atoms with Crippen LogP contribution >= 0.6 is 23.1 Å². The van der Waals surface area contributed by atoms with Crippen LogP contribution in [-0.4, -0.2) is 15.2 Å². The highest BCUT2D eigenvalue weighted by Gasteiger charge is 2.06. The van der Waals surface area contributed by atoms with Gasteiger partial charge in [-0.15, -0.1) is 10.2 Å². The Morgan fingerprint density at radius 2 is 2.33 bits per heavy atom. The van der Waals surface area contributed by atoms with Crippen LogP contribution in [0.5, 0.6) is 0 Å². The molecule has 0 atom stereocenters. The molecule has 2 rings (SSSR count). The van der Waals surface area contributed by atoms with Crippen molar-refractivity contribution in [3.63, 3.8) is 0 Å². The van der Waals surface area contributed by atoms with Crippen molar-refractivity contribution in [2.45, 2.75) is 22.7 Å². The van der Waals surface area contributed by atoms with Gasteiger partial charge in [-0.05, 0) is 18.6 Å². The van der Waals surface area contributed by atoms with Crippen LogP contribution < -0.4 is 5.73 Å². The summed E-state index contributed by atoms with van der Waals surface area (Å²) in [6, 6.07) is 1.93. The van der Waals surface area contributed by atoms with Crippen molar-refractivity contribution >= 4 is 23.1 Å². The maximum atomic E-state index is 5.64. The lowest BCUT2D eigenvalue weighted by Crippen LogP contribution is -1.98. The van der Waals surface area contributed by atoms with Gasteiger partial charge in [0.1, 0.15) is 5.01 Å². The summed E-state index contributed by atoms with van der Waals surface area (Å²) in [6.07, 6.45) is 3.56. The summed E-state index contributed by atoms with van der Waals surface area (Å²) in [6.45, 7) is 2.46. The first-order valence-electron chi connectivity index (χ1n) is 4.40. The quantitative estimate of drug-likeness (QED) is 0.884. The van der Waals surface area contributed by atoms with E-state index in [1.54, 1.807) is 29.3 Å². The molecule has 0 spiro atoms. The van der Waals surface area contributed by atoms with Gasteiger partial charge >= 0.3 is 0 Å². The Balaban J connectivity index is 2.23. The summed E-state index contributed by atoms with van der Waals surface area (Å²) in [7, 11) is 0. The second-order valence-corrected chi connectivity index (χ2v) is 5.35. The Hall–Kier alpha value is -0.980. The zero-order valence-electron chi connectivity index (χ0n) is 8.17. The number of nitrogens with zero attached hydrogens (tertiary/aromatic N) is 3. The summed E-state index contributed by atoms with van der Waals surface area (Å²) in [5.74, 6) is 0. The molecule has 2 aromatic heterocycles. The standard InChI is InChI=1S/C9H10N4S2/c1-6-12-13-9(14-6)15-8-5-11-3-2-7(8)4-10/h2-3,5H,4,10H2,1H3. The second kappa shape index (κ2) is 4.69. The predicted molar refractivity (Wildman–Crippen MR) is 60.9 cm³/mol. The zero-order valence-corrected chi connectivity index (χ0v) is 9.81. The molecule has 0 aliphatic heterocycles. The molecule has 0 unspecified atom stereocenters. The minimum atomic E-state index is 0.517. The molecule has 0 fully saturated rings. The molecule has 0 aliphatic rings. The van der Waals surface area contributed by atoms with Crippen molar-refractivity contribution in [1.82, 2.24) is 15.2 Å². The van der Waals surface area contributed by atoms with Gasteiger partial charge in [0.2, 0.25) is 0 Å². The Kier molecular flexibility index (Phi) is 3.30. The molecule has 0 aliphatic carbocycles. The summed E-state index contributed by atoms with van der Waals surface area (Å²) in [4.78, 5) is 5.13. The third-order valence-corrected chi connectivity index (χ3v) is 3.77. The lowest BCUT2D eigenvalue weighted by atomic mass is 10.3. The average Bonchev–Trinajstić information content (AvgIpc) is 2.65. The van der Waals surface area contributed by atoms with Crippen molar-refractivity contribution in [2.75, 3.05) is 0 Å². The van der Waals surface area contributed by atoms with Crippen LogP contribution in [0.15, 0.2) is 27.7 Å². The fourth-order valence-corrected chi connectivity index (χ4v) is 2.96. The Bertz CT molecular complexity index is 455. The molecule has 0 radical (unpaired) electrons. The molecule has 2 aromatic rings. The zero-order chi connectivity index (χ0) is 10.7. The van der Waals surface area contributed by atoms with Gasteiger partial charge in [-0.3, -0.25) is 4.98 Å². The monoisotopic (exact) mass is 238 g/mol. The molecule has 2 heterocycles. The van der Waals surface area contributed by atoms with Crippen molar-refractivity contribution in [2.24, 2.45) is 5.73 Å². The van der Waals surface area contributed by atoms with Crippen LogP contribution in [0, 0.1) is 6.92 Å². The highest BCUT2D eigenvalue weighted by molar-refractivity contribution is 8.01. The molecule has 15 heavy (non-hydrogen) atoms. The van der Waals surface area contributed by atoms with Crippen LogP contribution in [0.1, 0.15) is 10.6 Å². The molecule has 6 heteroatoms. The van der Waals surface area contributed by atoms with Gasteiger partial charge in [0.25, 0.3) is 0 Å². The third kappa shape index (κ3) is 2.53. The van der Waals surface area contributed by atoms with E-state index < -0.39 is 0 Å². The third-order valence-electron chi connectivity index (χ3n) is 1.79. The summed E-state index contributed by atoms with van der Waals surface area (Å²) >= 11 is 3.14. The van der Waals surface area contributed by atoms with E-state index in [-0.39, 0.29) is 0 Å². The van der Waals surface area contributed by atoms with E-state index in [1.165, 1.54) is 0 Å². The molecule has 4 nitrogen and oxygen atoms in total. The molecule has 2 N–H and O–H groups in total. The maximum absolute atomic E-state index is 5.64. The van der Waals surface area contributed by atoms with E-state index in [0.29, 0.717) is 6.54 Å². The van der Waals surface area contributed by atoms with Crippen LogP contribution in [-0.2, 0) is 6.54 Å². The predicted octanol–water partition coefficient (Wildman–Crippen LogP) is 1.85. The molecular formula is C9H10N4S2. The first-order chi connectivity index (χ1) is 7.29. The summed E-state index contributed by atoms with van der Waals surface area (Å²) < 4.78 is 0.926. The van der Waals surface area contributed by atoms with Gasteiger partial charge in [0.15, 0.2) is 4.34 Å². The topological polar surface area (TPSA) is 64.7 Å². The SMILES string of the molecule is Cc1nnc(Sc2cnccc2CN)s1. The van der Waals surface area contributed by atoms with E-state index in [0.717, 1.165) is 19.8 Å². The number of hydrogen-bond acceptors (Lipinski definition) is 6. The molecule has 0 saturated carbocycles. The fourth-order valence-electron chi connectivity index (χ4n) is 1.08. The number of aryl methyl sites for hydroxylation is 1. The van der Waals surface area contributed by atoms with Gasteiger partial charge in [-0.1, -0.05) is 23.1 Å². The van der Waals surface area contributed by atoms with Gasteiger partial charge in [-0.2, -0.15) is 0 Å². The number of hydrogen-bond donors (Lipinski definition) is 1. The Labute approximate surface area is 95.9 Å². The Morgan fingerprint density at radius 1 is 1.47 bits per heavy atom. The van der Waals surface area contributed by atoms with Crippen molar-refractivity contribution in [3.8, 4) is 0 Å².